The van der Waals surface area contributed by atoms with Crippen LogP contribution in [0.5, 0.6) is 0 Å². The molecule has 12 heteroatoms. The molecule has 2 aromatic heterocycles. The molecule has 3 saturated heterocycles. The fourth-order valence-electron chi connectivity index (χ4n) is 8.64. The molecule has 54 heavy (non-hydrogen) atoms. The molecule has 1 atom stereocenters. The number of imidazole rings is 1. The van der Waals surface area contributed by atoms with E-state index in [9.17, 15) is 19.2 Å². The molecule has 3 aliphatic heterocycles. The number of aromatic nitrogens is 3. The zero-order chi connectivity index (χ0) is 38.0. The number of nitrogens with one attached hydrogen (secondary N) is 2. The first-order valence-electron chi connectivity index (χ1n) is 19.6. The number of piperidine rings is 3. The van der Waals surface area contributed by atoms with Crippen molar-refractivity contribution in [1.82, 2.24) is 34.1 Å². The second-order valence-corrected chi connectivity index (χ2v) is 16.5. The Morgan fingerprint density at radius 2 is 1.43 bits per heavy atom. The van der Waals surface area contributed by atoms with Crippen LogP contribution in [0.15, 0.2) is 71.8 Å². The Morgan fingerprint density at radius 3 is 2.09 bits per heavy atom. The van der Waals surface area contributed by atoms with Crippen LogP contribution in [0.2, 0.25) is 0 Å². The number of ether oxygens (including phenoxy) is 1. The highest BCUT2D eigenvalue weighted by molar-refractivity contribution is 5.93. The largest absolute Gasteiger partial charge is 0.443 e. The van der Waals surface area contributed by atoms with Gasteiger partial charge >= 0.3 is 17.8 Å². The second kappa shape index (κ2) is 15.9. The van der Waals surface area contributed by atoms with Crippen molar-refractivity contribution in [3.63, 3.8) is 0 Å². The van der Waals surface area contributed by atoms with Gasteiger partial charge in [-0.15, -0.1) is 0 Å². The average Bonchev–Trinajstić information content (AvgIpc) is 3.75. The van der Waals surface area contributed by atoms with E-state index in [1.54, 1.807) is 15.7 Å². The summed E-state index contributed by atoms with van der Waals surface area (Å²) in [5, 5.41) is 3.97. The van der Waals surface area contributed by atoms with E-state index in [0.29, 0.717) is 56.4 Å². The number of amides is 3. The number of para-hydroxylation sites is 1. The van der Waals surface area contributed by atoms with Crippen LogP contribution in [0, 0.1) is 11.8 Å². The summed E-state index contributed by atoms with van der Waals surface area (Å²) in [5.74, 6) is 1.21. The van der Waals surface area contributed by atoms with Crippen molar-refractivity contribution in [2.45, 2.75) is 83.4 Å². The van der Waals surface area contributed by atoms with Crippen LogP contribution in [0.25, 0.3) is 22.2 Å². The Labute approximate surface area is 317 Å². The summed E-state index contributed by atoms with van der Waals surface area (Å²) in [6.07, 6.45) is 8.95. The summed E-state index contributed by atoms with van der Waals surface area (Å²) in [6.45, 7) is 10.0. The maximum Gasteiger partial charge on any atom is 0.419 e. The van der Waals surface area contributed by atoms with Gasteiger partial charge in [0.25, 0.3) is 0 Å². The Bertz CT molecular complexity index is 1990. The van der Waals surface area contributed by atoms with Gasteiger partial charge < -0.3 is 29.7 Å². The van der Waals surface area contributed by atoms with E-state index in [1.807, 2.05) is 86.5 Å². The maximum atomic E-state index is 14.5. The van der Waals surface area contributed by atoms with E-state index in [0.717, 1.165) is 48.1 Å². The van der Waals surface area contributed by atoms with Gasteiger partial charge in [-0.1, -0.05) is 48.5 Å². The van der Waals surface area contributed by atoms with Crippen molar-refractivity contribution in [2.75, 3.05) is 46.3 Å². The lowest BCUT2D eigenvalue weighted by molar-refractivity contribution is -0.135. The van der Waals surface area contributed by atoms with Gasteiger partial charge in [-0.2, -0.15) is 0 Å². The van der Waals surface area contributed by atoms with Crippen LogP contribution in [-0.2, 0) is 16.0 Å². The first kappa shape index (κ1) is 37.5. The molecule has 0 spiro atoms. The number of nitrogens with zero attached hydrogens (tertiary/aromatic N) is 5. The second-order valence-electron chi connectivity index (χ2n) is 16.5. The predicted octanol–water partition coefficient (Wildman–Crippen LogP) is 6.12. The molecule has 2 aromatic carbocycles. The summed E-state index contributed by atoms with van der Waals surface area (Å²) < 4.78 is 8.97. The summed E-state index contributed by atoms with van der Waals surface area (Å²) in [5.41, 5.74) is 2.35. The fourth-order valence-corrected chi connectivity index (χ4v) is 8.64. The minimum Gasteiger partial charge on any atom is -0.443 e. The molecule has 7 rings (SSSR count). The number of urea groups is 1. The first-order chi connectivity index (χ1) is 25.9. The molecule has 0 saturated carbocycles. The Kier molecular flexibility index (Phi) is 11.0. The molecular weight excluding hydrogens is 683 g/mol. The van der Waals surface area contributed by atoms with E-state index in [2.05, 4.69) is 22.2 Å². The zero-order valence-corrected chi connectivity index (χ0v) is 32.1. The van der Waals surface area contributed by atoms with E-state index >= 15 is 0 Å². The highest BCUT2D eigenvalue weighted by Gasteiger charge is 2.35. The third-order valence-corrected chi connectivity index (χ3v) is 11.7. The van der Waals surface area contributed by atoms with Crippen LogP contribution in [0.4, 0.5) is 9.59 Å². The third-order valence-electron chi connectivity index (χ3n) is 11.7. The Morgan fingerprint density at radius 1 is 0.815 bits per heavy atom. The number of benzene rings is 2. The van der Waals surface area contributed by atoms with Crippen LogP contribution < -0.4 is 11.0 Å². The van der Waals surface area contributed by atoms with Gasteiger partial charge in [-0.25, -0.2) is 14.4 Å². The number of aromatic amines is 1. The molecule has 3 amide bonds. The maximum absolute atomic E-state index is 14.5. The molecule has 4 aromatic rings. The number of H-pyrrole nitrogens is 1. The SMILES string of the molecule is CN1CCC(C2CCN(C(=O)[C@H](Cc3cn(C(=O)OC(C)(C)C)c4ccccc34)NC(=O)N3CCC(n4cc(-c5ccccc5)[nH]c4=O)CC3)CC2)CC1. The smallest absolute Gasteiger partial charge is 0.419 e. The average molecular weight is 738 g/mol. The minimum atomic E-state index is -0.825. The topological polar surface area (TPSA) is 125 Å². The van der Waals surface area contributed by atoms with Gasteiger partial charge in [0.15, 0.2) is 0 Å². The molecule has 0 unspecified atom stereocenters. The number of likely N-dealkylation sites (tertiary alicyclic amines) is 3. The number of carbonyl (C=O) groups excluding carboxylic acids is 3. The third kappa shape index (κ3) is 8.43. The summed E-state index contributed by atoms with van der Waals surface area (Å²) >= 11 is 0. The molecule has 3 fully saturated rings. The van der Waals surface area contributed by atoms with Crippen LogP contribution in [-0.4, -0.2) is 105 Å². The van der Waals surface area contributed by atoms with Crippen molar-refractivity contribution >= 4 is 28.9 Å². The zero-order valence-electron chi connectivity index (χ0n) is 32.1. The Balaban J connectivity index is 1.07. The number of hydrogen-bond donors (Lipinski definition) is 2. The van der Waals surface area contributed by atoms with Crippen molar-refractivity contribution < 1.29 is 19.1 Å². The summed E-state index contributed by atoms with van der Waals surface area (Å²) in [4.78, 5) is 63.7. The lowest BCUT2D eigenvalue weighted by Crippen LogP contribution is -2.55. The molecule has 2 N–H and O–H groups in total. The van der Waals surface area contributed by atoms with E-state index in [4.69, 9.17) is 4.74 Å². The molecule has 12 nitrogen and oxygen atoms in total. The summed E-state index contributed by atoms with van der Waals surface area (Å²) in [6, 6.07) is 16.2. The normalized spacial score (nSPS) is 18.9. The van der Waals surface area contributed by atoms with Crippen molar-refractivity contribution in [3.8, 4) is 11.3 Å². The molecule has 5 heterocycles. The Hall–Kier alpha value is -4.84. The molecule has 288 valence electrons. The quantitative estimate of drug-likeness (QED) is 0.236. The standard InChI is InChI=1S/C42H55N7O5/c1-42(2,3)54-41(53)49-27-32(34-12-8-9-13-37(34)49)26-35(38(50)46-22-16-30(17-23-46)29-14-20-45(4)21-15-29)43-39(51)47-24-18-33(19-25-47)48-28-36(44-40(48)52)31-10-6-5-7-11-31/h5-13,27-30,33,35H,14-26H2,1-4H3,(H,43,51)(H,44,52)/t35-/m0/s1. The highest BCUT2D eigenvalue weighted by atomic mass is 16.6. The monoisotopic (exact) mass is 737 g/mol. The first-order valence-corrected chi connectivity index (χ1v) is 19.6. The van der Waals surface area contributed by atoms with Gasteiger partial charge in [0.05, 0.1) is 11.2 Å². The lowest BCUT2D eigenvalue weighted by atomic mass is 9.79. The summed E-state index contributed by atoms with van der Waals surface area (Å²) in [7, 11) is 2.18. The van der Waals surface area contributed by atoms with Gasteiger partial charge in [0.2, 0.25) is 5.91 Å². The van der Waals surface area contributed by atoms with Crippen LogP contribution in [0.1, 0.15) is 70.9 Å². The van der Waals surface area contributed by atoms with Crippen molar-refractivity contribution in [3.05, 3.63) is 83.0 Å². The van der Waals surface area contributed by atoms with Crippen molar-refractivity contribution in [1.29, 1.82) is 0 Å². The van der Waals surface area contributed by atoms with E-state index in [1.165, 1.54) is 17.4 Å². The number of carbonyl (C=O) groups is 3. The van der Waals surface area contributed by atoms with Gasteiger partial charge in [0.1, 0.15) is 11.6 Å². The highest BCUT2D eigenvalue weighted by Crippen LogP contribution is 2.33. The lowest BCUT2D eigenvalue weighted by Gasteiger charge is -2.40. The predicted molar refractivity (Wildman–Crippen MR) is 209 cm³/mol. The van der Waals surface area contributed by atoms with Crippen LogP contribution >= 0.6 is 0 Å². The van der Waals surface area contributed by atoms with Gasteiger partial charge in [-0.3, -0.25) is 13.9 Å². The number of rotatable bonds is 7. The van der Waals surface area contributed by atoms with Crippen molar-refractivity contribution in [2.24, 2.45) is 11.8 Å². The molecule has 0 radical (unpaired) electrons. The fraction of sp³-hybridized carbons (Fsp3) is 0.524. The van der Waals surface area contributed by atoms with Crippen LogP contribution in [0.3, 0.4) is 0 Å². The van der Waals surface area contributed by atoms with E-state index < -0.39 is 17.7 Å². The number of fused-ring (bicyclic) bond motifs is 1. The molecular formula is C42H55N7O5. The van der Waals surface area contributed by atoms with Gasteiger partial charge in [0, 0.05) is 56.4 Å². The van der Waals surface area contributed by atoms with Gasteiger partial charge in [-0.05, 0) is 108 Å². The molecule has 0 bridgehead atoms. The molecule has 0 aliphatic carbocycles. The number of hydrogen-bond acceptors (Lipinski definition) is 6. The van der Waals surface area contributed by atoms with E-state index in [-0.39, 0.29) is 30.1 Å². The minimum absolute atomic E-state index is 0.0440. The molecule has 3 aliphatic rings.